The molecule has 0 amide bonds. The van der Waals surface area contributed by atoms with Gasteiger partial charge in [0.2, 0.25) is 0 Å². The van der Waals surface area contributed by atoms with Crippen molar-refractivity contribution in [3.05, 3.63) is 53.8 Å². The Labute approximate surface area is 106 Å². The van der Waals surface area contributed by atoms with Gasteiger partial charge in [-0.15, -0.1) is 0 Å². The quantitative estimate of drug-likeness (QED) is 0.893. The molecule has 0 atom stereocenters. The molecule has 0 heterocycles. The van der Waals surface area contributed by atoms with E-state index in [4.69, 9.17) is 4.74 Å². The SMILES string of the molecule is CNCc1cc(OC)ccc1-c1ccccc1F. The Morgan fingerprint density at radius 2 is 1.89 bits per heavy atom. The van der Waals surface area contributed by atoms with Gasteiger partial charge in [-0.3, -0.25) is 0 Å². The Hall–Kier alpha value is -1.87. The normalized spacial score (nSPS) is 10.4. The van der Waals surface area contributed by atoms with Gasteiger partial charge in [0.25, 0.3) is 0 Å². The van der Waals surface area contributed by atoms with Crippen molar-refractivity contribution in [2.45, 2.75) is 6.54 Å². The molecule has 2 aromatic rings. The fourth-order valence-electron chi connectivity index (χ4n) is 1.98. The van der Waals surface area contributed by atoms with E-state index in [-0.39, 0.29) is 5.82 Å². The van der Waals surface area contributed by atoms with E-state index in [0.717, 1.165) is 16.9 Å². The minimum absolute atomic E-state index is 0.208. The molecule has 18 heavy (non-hydrogen) atoms. The molecule has 0 bridgehead atoms. The molecule has 3 heteroatoms. The van der Waals surface area contributed by atoms with Gasteiger partial charge in [0.15, 0.2) is 0 Å². The highest BCUT2D eigenvalue weighted by molar-refractivity contribution is 5.69. The Balaban J connectivity index is 2.53. The zero-order valence-electron chi connectivity index (χ0n) is 10.5. The summed E-state index contributed by atoms with van der Waals surface area (Å²) in [6, 6.07) is 12.5. The molecular formula is C15H16FNO. The summed E-state index contributed by atoms with van der Waals surface area (Å²) in [4.78, 5) is 0. The van der Waals surface area contributed by atoms with E-state index in [1.54, 1.807) is 19.2 Å². The minimum Gasteiger partial charge on any atom is -0.497 e. The van der Waals surface area contributed by atoms with Gasteiger partial charge in [0.05, 0.1) is 7.11 Å². The molecule has 94 valence electrons. The summed E-state index contributed by atoms with van der Waals surface area (Å²) in [7, 11) is 3.49. The first-order valence-electron chi connectivity index (χ1n) is 5.82. The highest BCUT2D eigenvalue weighted by Gasteiger charge is 2.09. The van der Waals surface area contributed by atoms with Crippen LogP contribution in [0.3, 0.4) is 0 Å². The van der Waals surface area contributed by atoms with Crippen molar-refractivity contribution < 1.29 is 9.13 Å². The smallest absolute Gasteiger partial charge is 0.131 e. The summed E-state index contributed by atoms with van der Waals surface area (Å²) in [6.07, 6.45) is 0. The number of hydrogen-bond donors (Lipinski definition) is 1. The second-order valence-corrected chi connectivity index (χ2v) is 4.03. The van der Waals surface area contributed by atoms with Crippen molar-refractivity contribution in [1.29, 1.82) is 0 Å². The summed E-state index contributed by atoms with van der Waals surface area (Å²) < 4.78 is 19.0. The van der Waals surface area contributed by atoms with Crippen LogP contribution in [0.5, 0.6) is 5.75 Å². The van der Waals surface area contributed by atoms with Crippen molar-refractivity contribution in [3.63, 3.8) is 0 Å². The maximum absolute atomic E-state index is 13.8. The molecule has 0 aliphatic rings. The van der Waals surface area contributed by atoms with Crippen LogP contribution in [0, 0.1) is 5.82 Å². The van der Waals surface area contributed by atoms with Gasteiger partial charge in [0.1, 0.15) is 11.6 Å². The maximum atomic E-state index is 13.8. The third-order valence-electron chi connectivity index (χ3n) is 2.84. The topological polar surface area (TPSA) is 21.3 Å². The number of hydrogen-bond acceptors (Lipinski definition) is 2. The average Bonchev–Trinajstić information content (AvgIpc) is 2.40. The lowest BCUT2D eigenvalue weighted by Gasteiger charge is -2.12. The van der Waals surface area contributed by atoms with Crippen molar-refractivity contribution >= 4 is 0 Å². The summed E-state index contributed by atoms with van der Waals surface area (Å²) >= 11 is 0. The first-order valence-corrected chi connectivity index (χ1v) is 5.82. The Morgan fingerprint density at radius 1 is 1.11 bits per heavy atom. The van der Waals surface area contributed by atoms with Gasteiger partial charge in [-0.1, -0.05) is 24.3 Å². The summed E-state index contributed by atoms with van der Waals surface area (Å²) in [5.41, 5.74) is 2.52. The highest BCUT2D eigenvalue weighted by atomic mass is 19.1. The van der Waals surface area contributed by atoms with Gasteiger partial charge in [0, 0.05) is 12.1 Å². The highest BCUT2D eigenvalue weighted by Crippen LogP contribution is 2.29. The monoisotopic (exact) mass is 245 g/mol. The van der Waals surface area contributed by atoms with Crippen LogP contribution < -0.4 is 10.1 Å². The van der Waals surface area contributed by atoms with Gasteiger partial charge in [-0.25, -0.2) is 4.39 Å². The van der Waals surface area contributed by atoms with E-state index in [2.05, 4.69) is 5.32 Å². The molecule has 0 aliphatic carbocycles. The minimum atomic E-state index is -0.208. The van der Waals surface area contributed by atoms with Crippen molar-refractivity contribution in [2.75, 3.05) is 14.2 Å². The van der Waals surface area contributed by atoms with Crippen LogP contribution in [0.2, 0.25) is 0 Å². The second kappa shape index (κ2) is 5.65. The molecular weight excluding hydrogens is 229 g/mol. The van der Waals surface area contributed by atoms with E-state index < -0.39 is 0 Å². The van der Waals surface area contributed by atoms with E-state index in [0.29, 0.717) is 12.1 Å². The Kier molecular flexibility index (Phi) is 3.95. The van der Waals surface area contributed by atoms with Crippen molar-refractivity contribution in [3.8, 4) is 16.9 Å². The maximum Gasteiger partial charge on any atom is 0.131 e. The second-order valence-electron chi connectivity index (χ2n) is 4.03. The van der Waals surface area contributed by atoms with Crippen LogP contribution in [0.4, 0.5) is 4.39 Å². The molecule has 0 unspecified atom stereocenters. The fraction of sp³-hybridized carbons (Fsp3) is 0.200. The Morgan fingerprint density at radius 3 is 2.56 bits per heavy atom. The molecule has 0 spiro atoms. The first kappa shape index (κ1) is 12.6. The number of rotatable bonds is 4. The van der Waals surface area contributed by atoms with E-state index in [1.165, 1.54) is 6.07 Å². The van der Waals surface area contributed by atoms with Crippen LogP contribution in [0.15, 0.2) is 42.5 Å². The van der Waals surface area contributed by atoms with Crippen molar-refractivity contribution in [1.82, 2.24) is 5.32 Å². The third-order valence-corrected chi connectivity index (χ3v) is 2.84. The van der Waals surface area contributed by atoms with Crippen LogP contribution in [0.25, 0.3) is 11.1 Å². The lowest BCUT2D eigenvalue weighted by molar-refractivity contribution is 0.414. The zero-order chi connectivity index (χ0) is 13.0. The number of halogens is 1. The third kappa shape index (κ3) is 2.51. The van der Waals surface area contributed by atoms with Gasteiger partial charge in [-0.05, 0) is 36.4 Å². The summed E-state index contributed by atoms with van der Waals surface area (Å²) in [6.45, 7) is 0.668. The fourth-order valence-corrected chi connectivity index (χ4v) is 1.98. The van der Waals surface area contributed by atoms with Crippen LogP contribution >= 0.6 is 0 Å². The molecule has 0 radical (unpaired) electrons. The first-order chi connectivity index (χ1) is 8.76. The molecule has 2 rings (SSSR count). The van der Waals surface area contributed by atoms with Gasteiger partial charge >= 0.3 is 0 Å². The summed E-state index contributed by atoms with van der Waals surface area (Å²) in [5.74, 6) is 0.570. The number of methoxy groups -OCH3 is 1. The predicted octanol–water partition coefficient (Wildman–Crippen LogP) is 3.22. The predicted molar refractivity (Wildman–Crippen MR) is 71.2 cm³/mol. The van der Waals surface area contributed by atoms with Crippen LogP contribution in [0.1, 0.15) is 5.56 Å². The molecule has 0 fully saturated rings. The number of benzene rings is 2. The van der Waals surface area contributed by atoms with E-state index in [9.17, 15) is 4.39 Å². The zero-order valence-corrected chi connectivity index (χ0v) is 10.5. The molecule has 0 saturated carbocycles. The van der Waals surface area contributed by atoms with Gasteiger partial charge in [-0.2, -0.15) is 0 Å². The molecule has 1 N–H and O–H groups in total. The largest absolute Gasteiger partial charge is 0.497 e. The number of nitrogens with one attached hydrogen (secondary N) is 1. The van der Waals surface area contributed by atoms with Crippen molar-refractivity contribution in [2.24, 2.45) is 0 Å². The van der Waals surface area contributed by atoms with Crippen LogP contribution in [-0.4, -0.2) is 14.2 Å². The molecule has 0 aromatic heterocycles. The van der Waals surface area contributed by atoms with E-state index in [1.807, 2.05) is 31.3 Å². The lowest BCUT2D eigenvalue weighted by atomic mass is 9.99. The molecule has 0 saturated heterocycles. The molecule has 2 nitrogen and oxygen atoms in total. The lowest BCUT2D eigenvalue weighted by Crippen LogP contribution is -2.07. The molecule has 0 aliphatic heterocycles. The van der Waals surface area contributed by atoms with Crippen LogP contribution in [-0.2, 0) is 6.54 Å². The molecule has 2 aromatic carbocycles. The Bertz CT molecular complexity index is 540. The average molecular weight is 245 g/mol. The van der Waals surface area contributed by atoms with E-state index >= 15 is 0 Å². The summed E-state index contributed by atoms with van der Waals surface area (Å²) in [5, 5.41) is 3.09. The van der Waals surface area contributed by atoms with Gasteiger partial charge < -0.3 is 10.1 Å². The standard InChI is InChI=1S/C15H16FNO/c1-17-10-11-9-12(18-2)7-8-13(11)14-5-3-4-6-15(14)16/h3-9,17H,10H2,1-2H3. The number of ether oxygens (including phenoxy) is 1.